The summed E-state index contributed by atoms with van der Waals surface area (Å²) in [5.74, 6) is 0. The highest BCUT2D eigenvalue weighted by Crippen LogP contribution is 2.46. The van der Waals surface area contributed by atoms with E-state index in [1.807, 2.05) is 70.6 Å². The third-order valence-corrected chi connectivity index (χ3v) is 6.42. The minimum Gasteiger partial charge on any atom is -0.445 e. The first-order chi connectivity index (χ1) is 17.6. The van der Waals surface area contributed by atoms with Crippen molar-refractivity contribution in [2.75, 3.05) is 26.2 Å². The number of hydrogen-bond donors (Lipinski definition) is 1. The van der Waals surface area contributed by atoms with E-state index in [2.05, 4.69) is 14.9 Å². The van der Waals surface area contributed by atoms with Gasteiger partial charge in [0.05, 0.1) is 12.4 Å². The van der Waals surface area contributed by atoms with Gasteiger partial charge in [0.15, 0.2) is 0 Å². The molecule has 2 aliphatic rings. The molecule has 4 rings (SSSR count). The van der Waals surface area contributed by atoms with Gasteiger partial charge >= 0.3 is 12.2 Å². The number of carbonyl (C=O) groups is 3. The Morgan fingerprint density at radius 1 is 1.16 bits per heavy atom. The van der Waals surface area contributed by atoms with Crippen LogP contribution in [0.1, 0.15) is 52.5 Å². The highest BCUT2D eigenvalue weighted by Gasteiger charge is 2.43. The maximum absolute atomic E-state index is 12.3. The molecule has 10 nitrogen and oxygen atoms in total. The molecule has 1 saturated carbocycles. The van der Waals surface area contributed by atoms with Gasteiger partial charge in [0.2, 0.25) is 6.41 Å². The minimum atomic E-state index is -0.522. The molecule has 1 atom stereocenters. The first kappa shape index (κ1) is 28.0. The third kappa shape index (κ3) is 8.51. The molecule has 10 heteroatoms. The van der Waals surface area contributed by atoms with E-state index in [0.717, 1.165) is 24.9 Å². The SMILES string of the molecule is CC1CN(C(=O)OC(C)(C)C)CCN1C(=O)OCc1ccccc1.O=CNCCC1(n2ccnc2)CC1. The average Bonchev–Trinajstić information content (AvgIpc) is 3.43. The van der Waals surface area contributed by atoms with Crippen molar-refractivity contribution < 1.29 is 23.9 Å². The molecular formula is C27H39N5O5. The van der Waals surface area contributed by atoms with Crippen LogP contribution in [0.2, 0.25) is 0 Å². The van der Waals surface area contributed by atoms with Crippen LogP contribution in [-0.2, 0) is 26.4 Å². The zero-order chi connectivity index (χ0) is 26.9. The van der Waals surface area contributed by atoms with Crippen LogP contribution in [0.25, 0.3) is 0 Å². The smallest absolute Gasteiger partial charge is 0.410 e. The van der Waals surface area contributed by atoms with E-state index in [0.29, 0.717) is 19.6 Å². The van der Waals surface area contributed by atoms with Crippen molar-refractivity contribution in [2.24, 2.45) is 0 Å². The molecule has 1 saturated heterocycles. The summed E-state index contributed by atoms with van der Waals surface area (Å²) >= 11 is 0. The van der Waals surface area contributed by atoms with Crippen LogP contribution in [0.5, 0.6) is 0 Å². The molecule has 0 spiro atoms. The molecule has 1 aliphatic heterocycles. The van der Waals surface area contributed by atoms with Crippen molar-refractivity contribution in [1.29, 1.82) is 0 Å². The number of amides is 3. The highest BCUT2D eigenvalue weighted by atomic mass is 16.6. The monoisotopic (exact) mass is 513 g/mol. The van der Waals surface area contributed by atoms with Crippen molar-refractivity contribution in [3.63, 3.8) is 0 Å². The molecule has 2 aromatic rings. The van der Waals surface area contributed by atoms with Crippen LogP contribution >= 0.6 is 0 Å². The third-order valence-electron chi connectivity index (χ3n) is 6.42. The summed E-state index contributed by atoms with van der Waals surface area (Å²) in [6.45, 7) is 9.74. The van der Waals surface area contributed by atoms with Gasteiger partial charge in [0.1, 0.15) is 12.2 Å². The number of benzene rings is 1. The Morgan fingerprint density at radius 2 is 1.89 bits per heavy atom. The molecule has 1 N–H and O–H groups in total. The van der Waals surface area contributed by atoms with Gasteiger partial charge < -0.3 is 29.2 Å². The molecule has 0 bridgehead atoms. The lowest BCUT2D eigenvalue weighted by molar-refractivity contribution is -0.109. The summed E-state index contributed by atoms with van der Waals surface area (Å²) in [7, 11) is 0. The van der Waals surface area contributed by atoms with E-state index in [1.165, 1.54) is 12.8 Å². The van der Waals surface area contributed by atoms with E-state index in [9.17, 15) is 14.4 Å². The van der Waals surface area contributed by atoms with Crippen LogP contribution in [-0.4, -0.2) is 75.8 Å². The number of aromatic nitrogens is 2. The van der Waals surface area contributed by atoms with Gasteiger partial charge in [-0.05, 0) is 52.5 Å². The lowest BCUT2D eigenvalue weighted by atomic mass is 10.2. The van der Waals surface area contributed by atoms with Crippen molar-refractivity contribution >= 4 is 18.6 Å². The van der Waals surface area contributed by atoms with Crippen LogP contribution in [0, 0.1) is 0 Å². The Labute approximate surface area is 218 Å². The number of piperazine rings is 1. The van der Waals surface area contributed by atoms with E-state index in [-0.39, 0.29) is 30.4 Å². The molecule has 1 aromatic heterocycles. The Bertz CT molecular complexity index is 1000. The second-order valence-electron chi connectivity index (χ2n) is 10.5. The Hall–Kier alpha value is -3.56. The summed E-state index contributed by atoms with van der Waals surface area (Å²) in [4.78, 5) is 41.8. The summed E-state index contributed by atoms with van der Waals surface area (Å²) in [6, 6.07) is 9.45. The van der Waals surface area contributed by atoms with E-state index < -0.39 is 5.60 Å². The van der Waals surface area contributed by atoms with Crippen LogP contribution in [0.4, 0.5) is 9.59 Å². The van der Waals surface area contributed by atoms with Crippen molar-refractivity contribution in [3.8, 4) is 0 Å². The fourth-order valence-corrected chi connectivity index (χ4v) is 4.21. The normalized spacial score (nSPS) is 18.2. The van der Waals surface area contributed by atoms with E-state index in [4.69, 9.17) is 9.47 Å². The van der Waals surface area contributed by atoms with Crippen molar-refractivity contribution in [3.05, 3.63) is 54.6 Å². The number of nitrogens with one attached hydrogen (secondary N) is 1. The number of nitrogens with zero attached hydrogens (tertiary/aromatic N) is 4. The second kappa shape index (κ2) is 12.6. The van der Waals surface area contributed by atoms with Gasteiger partial charge in [-0.2, -0.15) is 0 Å². The predicted octanol–water partition coefficient (Wildman–Crippen LogP) is 3.77. The van der Waals surface area contributed by atoms with Gasteiger partial charge in [-0.25, -0.2) is 14.6 Å². The molecule has 2 heterocycles. The molecule has 37 heavy (non-hydrogen) atoms. The molecule has 1 aliphatic carbocycles. The Kier molecular flexibility index (Phi) is 9.54. The fourth-order valence-electron chi connectivity index (χ4n) is 4.21. The first-order valence-electron chi connectivity index (χ1n) is 12.7. The summed E-state index contributed by atoms with van der Waals surface area (Å²) in [5.41, 5.74) is 0.685. The lowest BCUT2D eigenvalue weighted by Gasteiger charge is -2.39. The number of imidazole rings is 1. The standard InChI is InChI=1S/C18H26N2O4.C9H13N3O/c1-14-12-19(16(21)24-18(2,3)4)10-11-20(14)17(22)23-13-15-8-6-5-7-9-15;13-8-11-4-3-9(1-2-9)12-6-5-10-7-12/h5-9,14H,10-13H2,1-4H3;5-8H,1-4H2,(H,11,13). The van der Waals surface area contributed by atoms with Crippen molar-refractivity contribution in [2.45, 2.75) is 70.7 Å². The van der Waals surface area contributed by atoms with Crippen LogP contribution in [0.15, 0.2) is 49.1 Å². The topological polar surface area (TPSA) is 106 Å². The molecule has 202 valence electrons. The summed E-state index contributed by atoms with van der Waals surface area (Å²) < 4.78 is 12.9. The maximum Gasteiger partial charge on any atom is 0.410 e. The Morgan fingerprint density at radius 3 is 2.46 bits per heavy atom. The van der Waals surface area contributed by atoms with E-state index in [1.54, 1.807) is 16.0 Å². The molecule has 1 unspecified atom stereocenters. The predicted molar refractivity (Wildman–Crippen MR) is 139 cm³/mol. The molecule has 3 amide bonds. The number of rotatable bonds is 7. The van der Waals surface area contributed by atoms with Gasteiger partial charge in [0, 0.05) is 44.1 Å². The fraction of sp³-hybridized carbons (Fsp3) is 0.556. The van der Waals surface area contributed by atoms with Gasteiger partial charge in [-0.15, -0.1) is 0 Å². The van der Waals surface area contributed by atoms with Gasteiger partial charge in [-0.1, -0.05) is 30.3 Å². The maximum atomic E-state index is 12.3. The summed E-state index contributed by atoms with van der Waals surface area (Å²) in [5, 5.41) is 2.69. The quantitative estimate of drug-likeness (QED) is 0.446. The molecule has 2 fully saturated rings. The van der Waals surface area contributed by atoms with Gasteiger partial charge in [-0.3, -0.25) is 4.79 Å². The van der Waals surface area contributed by atoms with Gasteiger partial charge in [0.25, 0.3) is 0 Å². The van der Waals surface area contributed by atoms with Crippen molar-refractivity contribution in [1.82, 2.24) is 24.7 Å². The molecular weight excluding hydrogens is 474 g/mol. The Balaban J connectivity index is 0.000000244. The lowest BCUT2D eigenvalue weighted by Crippen LogP contribution is -2.56. The highest BCUT2D eigenvalue weighted by molar-refractivity contribution is 5.71. The largest absolute Gasteiger partial charge is 0.445 e. The van der Waals surface area contributed by atoms with Crippen LogP contribution in [0.3, 0.4) is 0 Å². The average molecular weight is 514 g/mol. The summed E-state index contributed by atoms with van der Waals surface area (Å²) in [6.07, 6.45) is 9.11. The van der Waals surface area contributed by atoms with E-state index >= 15 is 0 Å². The zero-order valence-electron chi connectivity index (χ0n) is 22.3. The van der Waals surface area contributed by atoms with Crippen LogP contribution < -0.4 is 5.32 Å². The second-order valence-corrected chi connectivity index (χ2v) is 10.5. The molecule has 1 aromatic carbocycles. The zero-order valence-corrected chi connectivity index (χ0v) is 22.3. The number of ether oxygens (including phenoxy) is 2. The molecule has 0 radical (unpaired) electrons. The first-order valence-corrected chi connectivity index (χ1v) is 12.7. The minimum absolute atomic E-state index is 0.116. The number of hydrogen-bond acceptors (Lipinski definition) is 6. The number of carbonyl (C=O) groups excluding carboxylic acids is 3.